The minimum Gasteiger partial charge on any atom is -0.496 e. The summed E-state index contributed by atoms with van der Waals surface area (Å²) in [7, 11) is 1.56. The van der Waals surface area contributed by atoms with Gasteiger partial charge in [-0.25, -0.2) is 0 Å². The molecule has 35 heavy (non-hydrogen) atoms. The molecule has 11 nitrogen and oxygen atoms in total. The fourth-order valence-corrected chi connectivity index (χ4v) is 4.87. The molecule has 1 aromatic heterocycles. The number of aromatic amines is 1. The summed E-state index contributed by atoms with van der Waals surface area (Å²) < 4.78 is 11.1. The average molecular weight is 486 g/mol. The quantitative estimate of drug-likeness (QED) is 0.400. The van der Waals surface area contributed by atoms with E-state index in [-0.39, 0.29) is 37.3 Å². The highest BCUT2D eigenvalue weighted by Gasteiger charge is 2.42. The summed E-state index contributed by atoms with van der Waals surface area (Å²) >= 11 is 0. The van der Waals surface area contributed by atoms with Gasteiger partial charge < -0.3 is 35.7 Å². The smallest absolute Gasteiger partial charge is 0.271 e. The molecular formula is C24H31N5O6. The Bertz CT molecular complexity index is 1130. The molecule has 11 heteroatoms. The van der Waals surface area contributed by atoms with E-state index >= 15 is 0 Å². The van der Waals surface area contributed by atoms with Crippen LogP contribution in [-0.4, -0.2) is 78.5 Å². The van der Waals surface area contributed by atoms with Gasteiger partial charge in [-0.3, -0.25) is 19.2 Å². The van der Waals surface area contributed by atoms with Crippen LogP contribution in [0.2, 0.25) is 0 Å². The van der Waals surface area contributed by atoms with Crippen molar-refractivity contribution in [2.75, 3.05) is 26.8 Å². The number of primary amides is 1. The second-order valence-corrected chi connectivity index (χ2v) is 8.87. The van der Waals surface area contributed by atoms with Gasteiger partial charge in [-0.05, 0) is 38.0 Å². The van der Waals surface area contributed by atoms with E-state index in [1.54, 1.807) is 19.2 Å². The maximum atomic E-state index is 13.5. The van der Waals surface area contributed by atoms with Gasteiger partial charge in [-0.1, -0.05) is 6.07 Å². The second kappa shape index (κ2) is 10.3. The van der Waals surface area contributed by atoms with Crippen molar-refractivity contribution < 1.29 is 28.7 Å². The number of hydrogen-bond donors (Lipinski definition) is 4. The molecule has 188 valence electrons. The molecule has 1 aromatic carbocycles. The number of fused-ring (bicyclic) bond motifs is 1. The topological polar surface area (TPSA) is 156 Å². The molecule has 0 spiro atoms. The van der Waals surface area contributed by atoms with Crippen LogP contribution in [0.25, 0.3) is 10.9 Å². The first-order valence-corrected chi connectivity index (χ1v) is 11.8. The third-order valence-electron chi connectivity index (χ3n) is 6.65. The van der Waals surface area contributed by atoms with Crippen LogP contribution in [-0.2, 0) is 19.1 Å². The average Bonchev–Trinajstić information content (AvgIpc) is 3.56. The van der Waals surface area contributed by atoms with Crippen molar-refractivity contribution in [2.24, 2.45) is 11.7 Å². The summed E-state index contributed by atoms with van der Waals surface area (Å²) in [5.74, 6) is -1.52. The van der Waals surface area contributed by atoms with Crippen LogP contribution >= 0.6 is 0 Å². The number of amides is 4. The summed E-state index contributed by atoms with van der Waals surface area (Å²) in [4.78, 5) is 55.3. The van der Waals surface area contributed by atoms with Crippen LogP contribution in [0.15, 0.2) is 24.3 Å². The molecule has 0 aliphatic carbocycles. The Kier molecular flexibility index (Phi) is 7.25. The van der Waals surface area contributed by atoms with Crippen molar-refractivity contribution >= 4 is 34.5 Å². The van der Waals surface area contributed by atoms with E-state index in [0.29, 0.717) is 31.0 Å². The number of methoxy groups -OCH3 is 1. The standard InChI is InChI=1S/C24H31N5O6/c1-3-35-14-10-19(23(32)28-17(21(25)30)9-13-7-8-26-22(13)31)29(12-14)24(33)18-11-15-16(27-18)5-4-6-20(15)34-2/h4-6,11,13-14,17,19,27H,3,7-10,12H2,1-2H3,(H2,25,30)(H,26,31)(H,28,32)/t13-,14+,17-,19?/m0/s1. The number of benzene rings is 1. The van der Waals surface area contributed by atoms with Gasteiger partial charge in [0.25, 0.3) is 5.91 Å². The zero-order chi connectivity index (χ0) is 25.1. The number of nitrogens with zero attached hydrogens (tertiary/aromatic N) is 1. The molecule has 2 aliphatic rings. The fourth-order valence-electron chi connectivity index (χ4n) is 4.87. The third kappa shape index (κ3) is 5.09. The molecule has 4 amide bonds. The lowest BCUT2D eigenvalue weighted by atomic mass is 9.97. The molecule has 0 radical (unpaired) electrons. The number of rotatable bonds is 9. The maximum absolute atomic E-state index is 13.5. The number of carbonyl (C=O) groups excluding carboxylic acids is 4. The van der Waals surface area contributed by atoms with Crippen LogP contribution in [0, 0.1) is 5.92 Å². The van der Waals surface area contributed by atoms with Crippen LogP contribution < -0.4 is 21.1 Å². The summed E-state index contributed by atoms with van der Waals surface area (Å²) in [6, 6.07) is 5.28. The molecule has 2 aromatic rings. The largest absolute Gasteiger partial charge is 0.496 e. The molecule has 3 heterocycles. The van der Waals surface area contributed by atoms with Crippen LogP contribution in [0.3, 0.4) is 0 Å². The van der Waals surface area contributed by atoms with Gasteiger partial charge in [0.2, 0.25) is 17.7 Å². The van der Waals surface area contributed by atoms with E-state index in [4.69, 9.17) is 15.2 Å². The lowest BCUT2D eigenvalue weighted by Gasteiger charge is -2.25. The van der Waals surface area contributed by atoms with Gasteiger partial charge >= 0.3 is 0 Å². The highest BCUT2D eigenvalue weighted by Crippen LogP contribution is 2.29. The predicted molar refractivity (Wildman–Crippen MR) is 127 cm³/mol. The van der Waals surface area contributed by atoms with E-state index in [1.807, 2.05) is 19.1 Å². The van der Waals surface area contributed by atoms with E-state index in [9.17, 15) is 19.2 Å². The number of nitrogens with two attached hydrogens (primary N) is 1. The molecule has 2 aliphatic heterocycles. The summed E-state index contributed by atoms with van der Waals surface area (Å²) in [6.07, 6.45) is 0.642. The Labute approximate surface area is 202 Å². The lowest BCUT2D eigenvalue weighted by molar-refractivity contribution is -0.131. The molecule has 5 N–H and O–H groups in total. The first-order chi connectivity index (χ1) is 16.8. The van der Waals surface area contributed by atoms with Gasteiger partial charge in [0.05, 0.1) is 13.2 Å². The van der Waals surface area contributed by atoms with Crippen LogP contribution in [0.5, 0.6) is 5.75 Å². The Balaban J connectivity index is 1.54. The molecule has 2 saturated heterocycles. The van der Waals surface area contributed by atoms with Gasteiger partial charge in [-0.15, -0.1) is 0 Å². The van der Waals surface area contributed by atoms with Gasteiger partial charge in [0.15, 0.2) is 0 Å². The molecule has 2 fully saturated rings. The Morgan fingerprint density at radius 3 is 2.77 bits per heavy atom. The zero-order valence-electron chi connectivity index (χ0n) is 19.8. The van der Waals surface area contributed by atoms with Crippen molar-refractivity contribution in [3.63, 3.8) is 0 Å². The molecule has 0 bridgehead atoms. The number of likely N-dealkylation sites (tertiary alicyclic amines) is 1. The minimum atomic E-state index is -1.02. The van der Waals surface area contributed by atoms with Crippen molar-refractivity contribution in [2.45, 2.75) is 44.4 Å². The molecule has 1 unspecified atom stereocenters. The van der Waals surface area contributed by atoms with E-state index < -0.39 is 29.8 Å². The number of hydrogen-bond acceptors (Lipinski definition) is 6. The van der Waals surface area contributed by atoms with Crippen molar-refractivity contribution in [1.82, 2.24) is 20.5 Å². The number of H-pyrrole nitrogens is 1. The van der Waals surface area contributed by atoms with Crippen LogP contribution in [0.1, 0.15) is 36.7 Å². The Morgan fingerprint density at radius 1 is 1.31 bits per heavy atom. The summed E-state index contributed by atoms with van der Waals surface area (Å²) in [5.41, 5.74) is 6.58. The van der Waals surface area contributed by atoms with Gasteiger partial charge in [0, 0.05) is 42.9 Å². The molecule has 4 rings (SSSR count). The van der Waals surface area contributed by atoms with E-state index in [1.165, 1.54) is 4.90 Å². The maximum Gasteiger partial charge on any atom is 0.271 e. The third-order valence-corrected chi connectivity index (χ3v) is 6.65. The number of aromatic nitrogens is 1. The molecule has 4 atom stereocenters. The second-order valence-electron chi connectivity index (χ2n) is 8.87. The Morgan fingerprint density at radius 2 is 2.11 bits per heavy atom. The van der Waals surface area contributed by atoms with Gasteiger partial charge in [-0.2, -0.15) is 0 Å². The first-order valence-electron chi connectivity index (χ1n) is 11.8. The zero-order valence-corrected chi connectivity index (χ0v) is 19.8. The highest BCUT2D eigenvalue weighted by molar-refractivity contribution is 6.02. The summed E-state index contributed by atoms with van der Waals surface area (Å²) in [5, 5.41) is 6.15. The van der Waals surface area contributed by atoms with Crippen molar-refractivity contribution in [3.05, 3.63) is 30.0 Å². The summed E-state index contributed by atoms with van der Waals surface area (Å²) in [6.45, 7) is 3.04. The predicted octanol–water partition coefficient (Wildman–Crippen LogP) is 0.292. The van der Waals surface area contributed by atoms with Gasteiger partial charge in [0.1, 0.15) is 23.5 Å². The monoisotopic (exact) mass is 485 g/mol. The normalized spacial score (nSPS) is 22.7. The van der Waals surface area contributed by atoms with Crippen molar-refractivity contribution in [3.8, 4) is 5.75 Å². The highest BCUT2D eigenvalue weighted by atomic mass is 16.5. The molecule has 0 saturated carbocycles. The number of nitrogens with one attached hydrogen (secondary N) is 3. The fraction of sp³-hybridized carbons (Fsp3) is 0.500. The van der Waals surface area contributed by atoms with E-state index in [2.05, 4.69) is 15.6 Å². The Hall–Kier alpha value is -3.60. The minimum absolute atomic E-state index is 0.115. The van der Waals surface area contributed by atoms with E-state index in [0.717, 1.165) is 10.9 Å². The molecular weight excluding hydrogens is 454 g/mol. The SMILES string of the molecule is CCO[C@@H]1CC(C(=O)N[C@@H](C[C@@H]2CCNC2=O)C(N)=O)N(C(=O)c2cc3c(OC)cccc3[nH]2)C1. The number of ether oxygens (including phenoxy) is 2. The van der Waals surface area contributed by atoms with Crippen molar-refractivity contribution in [1.29, 1.82) is 0 Å². The number of carbonyl (C=O) groups is 4. The lowest BCUT2D eigenvalue weighted by Crippen LogP contribution is -2.53. The first kappa shape index (κ1) is 24.5. The van der Waals surface area contributed by atoms with Crippen LogP contribution in [0.4, 0.5) is 0 Å².